The van der Waals surface area contributed by atoms with Crippen LogP contribution in [0.4, 0.5) is 9.18 Å². The third-order valence-electron chi connectivity index (χ3n) is 1.30. The van der Waals surface area contributed by atoms with Crippen LogP contribution in [0.5, 0.6) is 5.75 Å². The molecule has 0 aliphatic rings. The van der Waals surface area contributed by atoms with Crippen LogP contribution in [0.3, 0.4) is 0 Å². The number of halogens is 1. The van der Waals surface area contributed by atoms with Crippen molar-refractivity contribution in [3.05, 3.63) is 30.1 Å². The zero-order valence-corrected chi connectivity index (χ0v) is 8.37. The van der Waals surface area contributed by atoms with E-state index in [1.807, 2.05) is 0 Å². The molecule has 1 rings (SSSR count). The summed E-state index contributed by atoms with van der Waals surface area (Å²) < 4.78 is 17.3. The summed E-state index contributed by atoms with van der Waals surface area (Å²) in [5.41, 5.74) is 0. The topological polar surface area (TPSA) is 29.5 Å². The molecule has 1 aromatic carbocycles. The zero-order valence-electron chi connectivity index (χ0n) is 8.37. The molecule has 0 N–H and O–H groups in total. The van der Waals surface area contributed by atoms with Gasteiger partial charge in [-0.3, -0.25) is 0 Å². The largest absolute Gasteiger partial charge is 1.00 e. The molecule has 5 heteroatoms. The molecule has 0 bridgehead atoms. The Morgan fingerprint density at radius 2 is 2.14 bits per heavy atom. The average molecular weight is 189 g/mol. The molecule has 0 aliphatic heterocycles. The van der Waals surface area contributed by atoms with Gasteiger partial charge >= 0.3 is 25.0 Å². The minimum absolute atomic E-state index is 0. The van der Waals surface area contributed by atoms with Crippen LogP contribution in [0, 0.1) is 11.9 Å². The normalized spacial score (nSPS) is 8.79. The molecule has 0 fully saturated rings. The molecule has 0 saturated carbocycles. The summed E-state index contributed by atoms with van der Waals surface area (Å²) in [4.78, 5) is 12.2. The van der Waals surface area contributed by atoms with Crippen molar-refractivity contribution in [1.29, 1.82) is 0 Å². The number of ether oxygens (including phenoxy) is 1. The van der Waals surface area contributed by atoms with E-state index in [1.54, 1.807) is 14.1 Å². The van der Waals surface area contributed by atoms with Gasteiger partial charge < -0.3 is 9.64 Å². The van der Waals surface area contributed by atoms with E-state index in [-0.39, 0.29) is 24.6 Å². The number of hydrogen-bond donors (Lipinski definition) is 0. The third kappa shape index (κ3) is 3.82. The molecule has 0 aromatic heterocycles. The van der Waals surface area contributed by atoms with Gasteiger partial charge in [-0.15, -0.1) is 18.2 Å². The molecule has 0 saturated heterocycles. The van der Waals surface area contributed by atoms with Gasteiger partial charge in [-0.2, -0.15) is 6.07 Å². The first-order valence-electron chi connectivity index (χ1n) is 3.66. The Bertz CT molecular complexity index is 317. The number of nitrogens with zero attached hydrogens (tertiary/aromatic N) is 1. The van der Waals surface area contributed by atoms with Gasteiger partial charge in [0, 0.05) is 25.7 Å². The fourth-order valence-electron chi connectivity index (χ4n) is 0.666. The smallest absolute Gasteiger partial charge is 0.437 e. The second kappa shape index (κ2) is 5.69. The second-order valence-electron chi connectivity index (χ2n) is 2.63. The Labute approximate surface area is 94.0 Å². The van der Waals surface area contributed by atoms with Crippen LogP contribution in [0.1, 0.15) is 0 Å². The molecule has 1 aromatic rings. The van der Waals surface area contributed by atoms with Gasteiger partial charge in [0.2, 0.25) is 0 Å². The minimum atomic E-state index is -0.554. The van der Waals surface area contributed by atoms with Crippen molar-refractivity contribution in [2.75, 3.05) is 14.1 Å². The molecular formula is C9H9FLiNO2. The van der Waals surface area contributed by atoms with Crippen molar-refractivity contribution in [2.45, 2.75) is 0 Å². The number of carbonyl (C=O) groups excluding carboxylic acids is 1. The van der Waals surface area contributed by atoms with Crippen molar-refractivity contribution in [1.82, 2.24) is 4.90 Å². The Balaban J connectivity index is 0.00000169. The Morgan fingerprint density at radius 3 is 2.64 bits per heavy atom. The molecular weight excluding hydrogens is 180 g/mol. The fourth-order valence-corrected chi connectivity index (χ4v) is 0.666. The maximum absolute atomic E-state index is 12.6. The van der Waals surface area contributed by atoms with Crippen LogP contribution < -0.4 is 23.6 Å². The van der Waals surface area contributed by atoms with Gasteiger partial charge in [0.05, 0.1) is 0 Å². The standard InChI is InChI=1S/C9H9FNO2.Li/c1-11(2)9(12)13-8-5-3-4-7(10)6-8;/h3-5H,1-2H3;/q-1;+1. The number of carbonyl (C=O) groups is 1. The number of amides is 1. The Morgan fingerprint density at radius 1 is 1.50 bits per heavy atom. The fraction of sp³-hybridized carbons (Fsp3) is 0.222. The minimum Gasteiger partial charge on any atom is -0.437 e. The van der Waals surface area contributed by atoms with Crippen molar-refractivity contribution in [3.8, 4) is 5.75 Å². The molecule has 14 heavy (non-hydrogen) atoms. The first-order valence-corrected chi connectivity index (χ1v) is 3.66. The van der Waals surface area contributed by atoms with E-state index in [0.717, 1.165) is 0 Å². The van der Waals surface area contributed by atoms with Crippen molar-refractivity contribution in [3.63, 3.8) is 0 Å². The van der Waals surface area contributed by atoms with Gasteiger partial charge in [0.15, 0.2) is 0 Å². The molecule has 0 unspecified atom stereocenters. The molecule has 0 spiro atoms. The maximum Gasteiger partial charge on any atom is 1.00 e. The summed E-state index contributed by atoms with van der Waals surface area (Å²) in [5, 5.41) is 0. The molecule has 70 valence electrons. The first kappa shape index (κ1) is 13.0. The molecule has 0 atom stereocenters. The van der Waals surface area contributed by atoms with E-state index >= 15 is 0 Å². The quantitative estimate of drug-likeness (QED) is 0.405. The zero-order chi connectivity index (χ0) is 9.84. The van der Waals surface area contributed by atoms with E-state index < -0.39 is 11.9 Å². The average Bonchev–Trinajstić information content (AvgIpc) is 2.04. The summed E-state index contributed by atoms with van der Waals surface area (Å²) in [6.07, 6.45) is -0.554. The van der Waals surface area contributed by atoms with Crippen LogP contribution >= 0.6 is 0 Å². The SMILES string of the molecule is CN(C)C(=O)Oc1[c-]c(F)ccc1.[Li+]. The predicted molar refractivity (Wildman–Crippen MR) is 44.9 cm³/mol. The van der Waals surface area contributed by atoms with E-state index in [1.165, 1.54) is 23.1 Å². The number of benzene rings is 1. The number of rotatable bonds is 1. The van der Waals surface area contributed by atoms with Crippen LogP contribution in [0.25, 0.3) is 0 Å². The summed E-state index contributed by atoms with van der Waals surface area (Å²) >= 11 is 0. The first-order chi connectivity index (χ1) is 6.09. The van der Waals surface area contributed by atoms with Gasteiger partial charge in [-0.25, -0.2) is 9.18 Å². The van der Waals surface area contributed by atoms with E-state index in [2.05, 4.69) is 6.07 Å². The van der Waals surface area contributed by atoms with Crippen LogP contribution in [0.15, 0.2) is 18.2 Å². The molecule has 1 amide bonds. The van der Waals surface area contributed by atoms with E-state index in [0.29, 0.717) is 0 Å². The van der Waals surface area contributed by atoms with Crippen LogP contribution in [0.2, 0.25) is 0 Å². The summed E-state index contributed by atoms with van der Waals surface area (Å²) in [7, 11) is 3.09. The summed E-state index contributed by atoms with van der Waals surface area (Å²) in [5.74, 6) is -0.470. The van der Waals surface area contributed by atoms with Crippen molar-refractivity contribution < 1.29 is 32.8 Å². The molecule has 0 aliphatic carbocycles. The van der Waals surface area contributed by atoms with Crippen LogP contribution in [-0.4, -0.2) is 25.1 Å². The molecule has 0 radical (unpaired) electrons. The number of hydrogen-bond acceptors (Lipinski definition) is 2. The van der Waals surface area contributed by atoms with Crippen molar-refractivity contribution >= 4 is 6.09 Å². The van der Waals surface area contributed by atoms with Crippen LogP contribution in [-0.2, 0) is 0 Å². The maximum atomic E-state index is 12.6. The van der Waals surface area contributed by atoms with E-state index in [9.17, 15) is 9.18 Å². The molecule has 0 heterocycles. The summed E-state index contributed by atoms with van der Waals surface area (Å²) in [6.45, 7) is 0. The Hall–Kier alpha value is -0.983. The second-order valence-corrected chi connectivity index (χ2v) is 2.63. The van der Waals surface area contributed by atoms with E-state index in [4.69, 9.17) is 4.74 Å². The third-order valence-corrected chi connectivity index (χ3v) is 1.30. The summed E-state index contributed by atoms with van der Waals surface area (Å²) in [6, 6.07) is 6.40. The van der Waals surface area contributed by atoms with Gasteiger partial charge in [0.1, 0.15) is 0 Å². The Kier molecular flexibility index (Phi) is 5.29. The predicted octanol–water partition coefficient (Wildman–Crippen LogP) is -1.31. The van der Waals surface area contributed by atoms with Crippen molar-refractivity contribution in [2.24, 2.45) is 0 Å². The molecule has 3 nitrogen and oxygen atoms in total. The van der Waals surface area contributed by atoms with Gasteiger partial charge in [0.25, 0.3) is 0 Å². The van der Waals surface area contributed by atoms with Gasteiger partial charge in [-0.05, 0) is 0 Å². The van der Waals surface area contributed by atoms with Gasteiger partial charge in [-0.1, -0.05) is 0 Å². The monoisotopic (exact) mass is 189 g/mol.